The highest BCUT2D eigenvalue weighted by molar-refractivity contribution is 7.13. The van der Waals surface area contributed by atoms with E-state index >= 15 is 0 Å². The van der Waals surface area contributed by atoms with E-state index in [0.29, 0.717) is 23.1 Å². The number of hydrogen-bond donors (Lipinski definition) is 1. The highest BCUT2D eigenvalue weighted by Gasteiger charge is 2.14. The number of aromatic amines is 1. The molecule has 0 spiro atoms. The van der Waals surface area contributed by atoms with Crippen LogP contribution in [0.2, 0.25) is 0 Å². The first-order valence-electron chi connectivity index (χ1n) is 5.85. The second kappa shape index (κ2) is 4.81. The summed E-state index contributed by atoms with van der Waals surface area (Å²) in [4.78, 5) is 23.4. The van der Waals surface area contributed by atoms with Crippen molar-refractivity contribution in [2.24, 2.45) is 0 Å². The molecule has 96 valence electrons. The van der Waals surface area contributed by atoms with Gasteiger partial charge in [-0.2, -0.15) is 0 Å². The number of carbonyl (C=O) groups is 1. The van der Waals surface area contributed by atoms with Crippen LogP contribution in [0.3, 0.4) is 0 Å². The number of aromatic nitrogens is 3. The second-order valence-electron chi connectivity index (χ2n) is 3.86. The van der Waals surface area contributed by atoms with Gasteiger partial charge in [0, 0.05) is 5.38 Å². The first-order valence-corrected chi connectivity index (χ1v) is 6.73. The van der Waals surface area contributed by atoms with Crippen LogP contribution >= 0.6 is 11.3 Å². The van der Waals surface area contributed by atoms with E-state index in [1.807, 2.05) is 24.3 Å². The molecule has 6 heteroatoms. The number of esters is 1. The van der Waals surface area contributed by atoms with E-state index in [1.165, 1.54) is 11.3 Å². The number of rotatable bonds is 3. The van der Waals surface area contributed by atoms with Gasteiger partial charge in [0.15, 0.2) is 16.5 Å². The number of nitrogens with zero attached hydrogens (tertiary/aromatic N) is 2. The first-order chi connectivity index (χ1) is 9.28. The van der Waals surface area contributed by atoms with Gasteiger partial charge in [-0.25, -0.2) is 14.8 Å². The fraction of sp³-hybridized carbons (Fsp3) is 0.154. The Bertz CT molecular complexity index is 699. The van der Waals surface area contributed by atoms with Crippen molar-refractivity contribution >= 4 is 28.3 Å². The van der Waals surface area contributed by atoms with Gasteiger partial charge in [-0.3, -0.25) is 0 Å². The minimum atomic E-state index is -0.402. The third kappa shape index (κ3) is 2.22. The van der Waals surface area contributed by atoms with Gasteiger partial charge in [0.25, 0.3) is 0 Å². The summed E-state index contributed by atoms with van der Waals surface area (Å²) >= 11 is 1.37. The van der Waals surface area contributed by atoms with Crippen LogP contribution in [0.5, 0.6) is 0 Å². The van der Waals surface area contributed by atoms with Crippen LogP contribution in [-0.4, -0.2) is 27.5 Å². The number of para-hydroxylation sites is 2. The van der Waals surface area contributed by atoms with Crippen LogP contribution in [0, 0.1) is 0 Å². The van der Waals surface area contributed by atoms with Gasteiger partial charge in [-0.1, -0.05) is 12.1 Å². The van der Waals surface area contributed by atoms with Gasteiger partial charge < -0.3 is 9.72 Å². The third-order valence-electron chi connectivity index (χ3n) is 2.58. The minimum Gasteiger partial charge on any atom is -0.461 e. The Hall–Kier alpha value is -2.21. The largest absolute Gasteiger partial charge is 0.461 e. The summed E-state index contributed by atoms with van der Waals surface area (Å²) in [5, 5.41) is 2.36. The predicted octanol–water partition coefficient (Wildman–Crippen LogP) is 2.86. The second-order valence-corrected chi connectivity index (χ2v) is 4.72. The molecule has 1 aromatic carbocycles. The Balaban J connectivity index is 1.96. The maximum atomic E-state index is 11.6. The fourth-order valence-corrected chi connectivity index (χ4v) is 2.47. The third-order valence-corrected chi connectivity index (χ3v) is 3.43. The Kier molecular flexibility index (Phi) is 3.00. The van der Waals surface area contributed by atoms with E-state index in [0.717, 1.165) is 11.0 Å². The summed E-state index contributed by atoms with van der Waals surface area (Å²) in [7, 11) is 0. The number of carbonyl (C=O) groups excluding carboxylic acids is 1. The first kappa shape index (κ1) is 11.9. The molecule has 1 N–H and O–H groups in total. The van der Waals surface area contributed by atoms with Crippen molar-refractivity contribution in [2.75, 3.05) is 6.61 Å². The van der Waals surface area contributed by atoms with Gasteiger partial charge in [0.2, 0.25) is 0 Å². The van der Waals surface area contributed by atoms with Gasteiger partial charge >= 0.3 is 5.97 Å². The number of fused-ring (bicyclic) bond motifs is 1. The molecule has 0 unspecified atom stereocenters. The van der Waals surface area contributed by atoms with E-state index in [9.17, 15) is 4.79 Å². The van der Waals surface area contributed by atoms with Crippen LogP contribution in [0.4, 0.5) is 0 Å². The summed E-state index contributed by atoms with van der Waals surface area (Å²) in [5.74, 6) is 0.267. The molecule has 0 aliphatic carbocycles. The molecule has 0 saturated heterocycles. The van der Waals surface area contributed by atoms with Crippen molar-refractivity contribution in [3.8, 4) is 10.8 Å². The summed E-state index contributed by atoms with van der Waals surface area (Å²) in [6.07, 6.45) is 0. The van der Waals surface area contributed by atoms with Crippen molar-refractivity contribution in [3.05, 3.63) is 35.3 Å². The van der Waals surface area contributed by atoms with E-state index in [-0.39, 0.29) is 0 Å². The minimum absolute atomic E-state index is 0.322. The predicted molar refractivity (Wildman–Crippen MR) is 73.2 cm³/mol. The van der Waals surface area contributed by atoms with E-state index in [1.54, 1.807) is 12.3 Å². The highest BCUT2D eigenvalue weighted by atomic mass is 32.1. The number of ether oxygens (including phenoxy) is 1. The Morgan fingerprint density at radius 1 is 1.37 bits per heavy atom. The molecular weight excluding hydrogens is 262 g/mol. The van der Waals surface area contributed by atoms with Gasteiger partial charge in [-0.15, -0.1) is 11.3 Å². The van der Waals surface area contributed by atoms with Gasteiger partial charge in [0.1, 0.15) is 0 Å². The summed E-state index contributed by atoms with van der Waals surface area (Å²) < 4.78 is 4.91. The standard InChI is InChI=1S/C13H11N3O2S/c1-2-18-13(17)10-7-19-12(16-10)11-14-8-5-3-4-6-9(8)15-11/h3-7H,2H2,1H3,(H,14,15). The molecule has 3 aromatic rings. The number of hydrogen-bond acceptors (Lipinski definition) is 5. The van der Waals surface area contributed by atoms with Crippen molar-refractivity contribution in [1.29, 1.82) is 0 Å². The molecule has 0 aliphatic rings. The number of thiazole rings is 1. The number of nitrogens with one attached hydrogen (secondary N) is 1. The number of imidazole rings is 1. The fourth-order valence-electron chi connectivity index (χ4n) is 1.74. The highest BCUT2D eigenvalue weighted by Crippen LogP contribution is 2.23. The maximum Gasteiger partial charge on any atom is 0.357 e. The molecule has 19 heavy (non-hydrogen) atoms. The molecule has 0 bridgehead atoms. The lowest BCUT2D eigenvalue weighted by molar-refractivity contribution is 0.0520. The average molecular weight is 273 g/mol. The van der Waals surface area contributed by atoms with Crippen LogP contribution in [0.1, 0.15) is 17.4 Å². The molecule has 2 aromatic heterocycles. The topological polar surface area (TPSA) is 67.9 Å². The molecule has 2 heterocycles. The van der Waals surface area contributed by atoms with Crippen LogP contribution in [-0.2, 0) is 4.74 Å². The molecule has 0 atom stereocenters. The monoisotopic (exact) mass is 273 g/mol. The lowest BCUT2D eigenvalue weighted by Crippen LogP contribution is -2.04. The lowest BCUT2D eigenvalue weighted by Gasteiger charge is -1.95. The van der Waals surface area contributed by atoms with Crippen molar-refractivity contribution in [1.82, 2.24) is 15.0 Å². The van der Waals surface area contributed by atoms with Crippen LogP contribution in [0.15, 0.2) is 29.6 Å². The number of H-pyrrole nitrogens is 1. The summed E-state index contributed by atoms with van der Waals surface area (Å²) in [5.41, 5.74) is 2.15. The van der Waals surface area contributed by atoms with E-state index in [4.69, 9.17) is 4.74 Å². The molecule has 0 aliphatic heterocycles. The normalized spacial score (nSPS) is 10.8. The summed E-state index contributed by atoms with van der Waals surface area (Å²) in [6.45, 7) is 2.11. The van der Waals surface area contributed by atoms with Crippen LogP contribution in [0.25, 0.3) is 21.9 Å². The zero-order valence-electron chi connectivity index (χ0n) is 10.2. The summed E-state index contributed by atoms with van der Waals surface area (Å²) in [6, 6.07) is 7.75. The molecule has 3 rings (SSSR count). The molecule has 0 radical (unpaired) electrons. The van der Waals surface area contributed by atoms with Crippen molar-refractivity contribution < 1.29 is 9.53 Å². The molecule has 0 amide bonds. The number of benzene rings is 1. The average Bonchev–Trinajstić information content (AvgIpc) is 3.05. The Labute approximate surface area is 113 Å². The zero-order chi connectivity index (χ0) is 13.2. The Morgan fingerprint density at radius 2 is 2.21 bits per heavy atom. The molecule has 5 nitrogen and oxygen atoms in total. The Morgan fingerprint density at radius 3 is 3.00 bits per heavy atom. The van der Waals surface area contributed by atoms with E-state index in [2.05, 4.69) is 15.0 Å². The quantitative estimate of drug-likeness (QED) is 0.745. The van der Waals surface area contributed by atoms with Crippen LogP contribution < -0.4 is 0 Å². The zero-order valence-corrected chi connectivity index (χ0v) is 11.0. The molecular formula is C13H11N3O2S. The maximum absolute atomic E-state index is 11.6. The van der Waals surface area contributed by atoms with Gasteiger partial charge in [0.05, 0.1) is 17.6 Å². The molecule has 0 saturated carbocycles. The SMILES string of the molecule is CCOC(=O)c1csc(-c2nc3ccccc3[nH]2)n1. The van der Waals surface area contributed by atoms with Crippen molar-refractivity contribution in [2.45, 2.75) is 6.92 Å². The van der Waals surface area contributed by atoms with Crippen molar-refractivity contribution in [3.63, 3.8) is 0 Å². The van der Waals surface area contributed by atoms with E-state index < -0.39 is 5.97 Å². The lowest BCUT2D eigenvalue weighted by atomic mass is 10.3. The van der Waals surface area contributed by atoms with Gasteiger partial charge in [-0.05, 0) is 19.1 Å². The smallest absolute Gasteiger partial charge is 0.357 e. The molecule has 0 fully saturated rings.